The van der Waals surface area contributed by atoms with Crippen LogP contribution in [0.2, 0.25) is 0 Å². The Hall–Kier alpha value is -0.860. The largest absolute Gasteiger partial charge is 0.343 e. The molecule has 0 radical (unpaired) electrons. The van der Waals surface area contributed by atoms with Crippen molar-refractivity contribution in [1.29, 1.82) is 0 Å². The number of ketones is 1. The van der Waals surface area contributed by atoms with E-state index in [9.17, 15) is 9.59 Å². The van der Waals surface area contributed by atoms with Crippen LogP contribution in [0, 0.1) is 0 Å². The standard InChI is InChI=1S/C9H15NO2/c1-7(11)10(2)8-3-5-9(12)6-4-8/h8H,3-6H2,1-2H3. The van der Waals surface area contributed by atoms with Gasteiger partial charge in [0.1, 0.15) is 5.78 Å². The highest BCUT2D eigenvalue weighted by Crippen LogP contribution is 2.19. The van der Waals surface area contributed by atoms with E-state index in [1.54, 1.807) is 11.8 Å². The molecule has 0 aromatic carbocycles. The molecule has 0 aliphatic heterocycles. The highest BCUT2D eigenvalue weighted by molar-refractivity contribution is 5.80. The third-order valence-corrected chi connectivity index (χ3v) is 2.56. The first-order valence-corrected chi connectivity index (χ1v) is 4.36. The average Bonchev–Trinajstić information content (AvgIpc) is 2.04. The zero-order valence-electron chi connectivity index (χ0n) is 7.67. The summed E-state index contributed by atoms with van der Waals surface area (Å²) in [6.07, 6.45) is 2.97. The third-order valence-electron chi connectivity index (χ3n) is 2.56. The summed E-state index contributed by atoms with van der Waals surface area (Å²) >= 11 is 0. The lowest BCUT2D eigenvalue weighted by Crippen LogP contribution is -2.38. The van der Waals surface area contributed by atoms with Gasteiger partial charge in [-0.05, 0) is 12.8 Å². The smallest absolute Gasteiger partial charge is 0.219 e. The number of nitrogens with zero attached hydrogens (tertiary/aromatic N) is 1. The van der Waals surface area contributed by atoms with Crippen LogP contribution in [0.15, 0.2) is 0 Å². The monoisotopic (exact) mass is 169 g/mol. The minimum Gasteiger partial charge on any atom is -0.343 e. The van der Waals surface area contributed by atoms with Gasteiger partial charge in [-0.25, -0.2) is 0 Å². The van der Waals surface area contributed by atoms with Gasteiger partial charge in [0.15, 0.2) is 0 Å². The van der Waals surface area contributed by atoms with E-state index in [1.165, 1.54) is 0 Å². The first-order valence-electron chi connectivity index (χ1n) is 4.36. The average molecular weight is 169 g/mol. The van der Waals surface area contributed by atoms with Crippen LogP contribution in [0.25, 0.3) is 0 Å². The zero-order valence-corrected chi connectivity index (χ0v) is 7.67. The van der Waals surface area contributed by atoms with Crippen LogP contribution in [0.4, 0.5) is 0 Å². The maximum atomic E-state index is 11.0. The van der Waals surface area contributed by atoms with Gasteiger partial charge in [-0.1, -0.05) is 0 Å². The van der Waals surface area contributed by atoms with Crippen LogP contribution in [0.1, 0.15) is 32.6 Å². The maximum Gasteiger partial charge on any atom is 0.219 e. The summed E-state index contributed by atoms with van der Waals surface area (Å²) < 4.78 is 0. The lowest BCUT2D eigenvalue weighted by atomic mass is 9.93. The van der Waals surface area contributed by atoms with Crippen molar-refractivity contribution in [3.8, 4) is 0 Å². The second-order valence-electron chi connectivity index (χ2n) is 3.40. The van der Waals surface area contributed by atoms with Crippen LogP contribution in [0.5, 0.6) is 0 Å². The number of hydrogen-bond donors (Lipinski definition) is 0. The summed E-state index contributed by atoms with van der Waals surface area (Å²) in [5.41, 5.74) is 0. The van der Waals surface area contributed by atoms with Crippen molar-refractivity contribution in [2.45, 2.75) is 38.6 Å². The normalized spacial score (nSPS) is 19.3. The van der Waals surface area contributed by atoms with Crippen LogP contribution in [-0.2, 0) is 9.59 Å². The van der Waals surface area contributed by atoms with Gasteiger partial charge in [0, 0.05) is 32.9 Å². The minimum atomic E-state index is 0.0920. The van der Waals surface area contributed by atoms with E-state index in [1.807, 2.05) is 7.05 Å². The molecule has 0 aromatic rings. The fraction of sp³-hybridized carbons (Fsp3) is 0.778. The summed E-state index contributed by atoms with van der Waals surface area (Å²) in [6, 6.07) is 0.292. The van der Waals surface area contributed by atoms with Crippen molar-refractivity contribution in [3.05, 3.63) is 0 Å². The Morgan fingerprint density at radius 1 is 1.42 bits per heavy atom. The number of rotatable bonds is 1. The predicted molar refractivity (Wildman–Crippen MR) is 45.7 cm³/mol. The molecular weight excluding hydrogens is 154 g/mol. The first-order chi connectivity index (χ1) is 5.61. The molecule has 1 fully saturated rings. The molecule has 68 valence electrons. The van der Waals surface area contributed by atoms with E-state index in [2.05, 4.69) is 0 Å². The Kier molecular flexibility index (Phi) is 2.84. The Balaban J connectivity index is 2.44. The molecule has 1 aliphatic carbocycles. The van der Waals surface area contributed by atoms with Crippen LogP contribution < -0.4 is 0 Å². The minimum absolute atomic E-state index is 0.0920. The number of carbonyl (C=O) groups excluding carboxylic acids is 2. The van der Waals surface area contributed by atoms with Crippen molar-refractivity contribution >= 4 is 11.7 Å². The van der Waals surface area contributed by atoms with Crippen LogP contribution in [0.3, 0.4) is 0 Å². The Bertz CT molecular complexity index is 191. The number of carbonyl (C=O) groups is 2. The quantitative estimate of drug-likeness (QED) is 0.586. The summed E-state index contributed by atoms with van der Waals surface area (Å²) in [5.74, 6) is 0.428. The summed E-state index contributed by atoms with van der Waals surface area (Å²) in [4.78, 5) is 23.6. The van der Waals surface area contributed by atoms with Gasteiger partial charge in [-0.2, -0.15) is 0 Å². The molecule has 12 heavy (non-hydrogen) atoms. The van der Waals surface area contributed by atoms with Crippen molar-refractivity contribution in [2.24, 2.45) is 0 Å². The molecule has 0 spiro atoms. The van der Waals surface area contributed by atoms with Crippen molar-refractivity contribution in [3.63, 3.8) is 0 Å². The van der Waals surface area contributed by atoms with Crippen molar-refractivity contribution in [1.82, 2.24) is 4.90 Å². The van der Waals surface area contributed by atoms with Gasteiger partial charge in [0.2, 0.25) is 5.91 Å². The Labute approximate surface area is 72.7 Å². The van der Waals surface area contributed by atoms with E-state index in [0.717, 1.165) is 12.8 Å². The molecule has 3 nitrogen and oxygen atoms in total. The number of hydrogen-bond acceptors (Lipinski definition) is 2. The first kappa shape index (κ1) is 9.23. The van der Waals surface area contributed by atoms with Crippen LogP contribution >= 0.6 is 0 Å². The maximum absolute atomic E-state index is 11.0. The van der Waals surface area contributed by atoms with Gasteiger partial charge < -0.3 is 4.90 Å². The van der Waals surface area contributed by atoms with Crippen LogP contribution in [-0.4, -0.2) is 29.7 Å². The van der Waals surface area contributed by atoms with Crippen molar-refractivity contribution < 1.29 is 9.59 Å². The lowest BCUT2D eigenvalue weighted by molar-refractivity contribution is -0.132. The lowest BCUT2D eigenvalue weighted by Gasteiger charge is -2.29. The summed E-state index contributed by atoms with van der Waals surface area (Å²) in [6.45, 7) is 1.57. The molecule has 1 rings (SSSR count). The molecule has 1 amide bonds. The molecule has 0 aromatic heterocycles. The van der Waals surface area contributed by atoms with Gasteiger partial charge >= 0.3 is 0 Å². The van der Waals surface area contributed by atoms with Gasteiger partial charge in [-0.3, -0.25) is 9.59 Å². The number of Topliss-reactive ketones (excluding diaryl/α,β-unsaturated/α-hetero) is 1. The van der Waals surface area contributed by atoms with E-state index < -0.39 is 0 Å². The van der Waals surface area contributed by atoms with E-state index in [-0.39, 0.29) is 5.91 Å². The van der Waals surface area contributed by atoms with E-state index in [4.69, 9.17) is 0 Å². The zero-order chi connectivity index (χ0) is 9.14. The summed E-state index contributed by atoms with van der Waals surface area (Å²) in [5, 5.41) is 0. The molecule has 0 bridgehead atoms. The van der Waals surface area contributed by atoms with Gasteiger partial charge in [0.05, 0.1) is 0 Å². The third kappa shape index (κ3) is 2.06. The molecule has 0 unspecified atom stereocenters. The topological polar surface area (TPSA) is 37.4 Å². The Morgan fingerprint density at radius 3 is 2.33 bits per heavy atom. The molecular formula is C9H15NO2. The number of amides is 1. The molecule has 3 heteroatoms. The van der Waals surface area contributed by atoms with E-state index in [0.29, 0.717) is 24.7 Å². The second kappa shape index (κ2) is 3.70. The fourth-order valence-electron chi connectivity index (χ4n) is 1.57. The molecule has 0 heterocycles. The highest BCUT2D eigenvalue weighted by atomic mass is 16.2. The molecule has 1 saturated carbocycles. The predicted octanol–water partition coefficient (Wildman–Crippen LogP) is 0.976. The highest BCUT2D eigenvalue weighted by Gasteiger charge is 2.23. The summed E-state index contributed by atoms with van der Waals surface area (Å²) in [7, 11) is 1.81. The van der Waals surface area contributed by atoms with Crippen molar-refractivity contribution in [2.75, 3.05) is 7.05 Å². The molecule has 0 N–H and O–H groups in total. The van der Waals surface area contributed by atoms with Gasteiger partial charge in [-0.15, -0.1) is 0 Å². The molecule has 1 aliphatic rings. The second-order valence-corrected chi connectivity index (χ2v) is 3.40. The van der Waals surface area contributed by atoms with Gasteiger partial charge in [0.25, 0.3) is 0 Å². The van der Waals surface area contributed by atoms with E-state index >= 15 is 0 Å². The molecule has 0 saturated heterocycles. The Morgan fingerprint density at radius 2 is 1.92 bits per heavy atom. The SMILES string of the molecule is CC(=O)N(C)C1CCC(=O)CC1. The fourth-order valence-corrected chi connectivity index (χ4v) is 1.57. The molecule has 0 atom stereocenters.